The molecule has 94 valence electrons. The zero-order valence-electron chi connectivity index (χ0n) is 11.1. The van der Waals surface area contributed by atoms with Crippen LogP contribution in [0.2, 0.25) is 0 Å². The Morgan fingerprint density at radius 2 is 2.24 bits per heavy atom. The highest BCUT2D eigenvalue weighted by Crippen LogP contribution is 2.16. The Labute approximate surface area is 105 Å². The molecular weight excluding hydrogens is 210 g/mol. The van der Waals surface area contributed by atoms with Crippen molar-refractivity contribution in [2.75, 3.05) is 14.2 Å². The number of likely N-dealkylation sites (N-methyl/N-ethyl adjacent to an activating group) is 1. The van der Waals surface area contributed by atoms with Crippen molar-refractivity contribution in [3.8, 4) is 5.75 Å². The molecule has 0 saturated carbocycles. The minimum atomic E-state index is 0.453. The van der Waals surface area contributed by atoms with Crippen LogP contribution in [0.15, 0.2) is 36.4 Å². The number of hydrogen-bond acceptors (Lipinski definition) is 2. The van der Waals surface area contributed by atoms with E-state index in [9.17, 15) is 0 Å². The largest absolute Gasteiger partial charge is 0.497 e. The van der Waals surface area contributed by atoms with Gasteiger partial charge < -0.3 is 10.1 Å². The fourth-order valence-electron chi connectivity index (χ4n) is 1.85. The molecular formula is C15H23NO. The summed E-state index contributed by atoms with van der Waals surface area (Å²) in [6.07, 6.45) is 3.09. The van der Waals surface area contributed by atoms with Crippen LogP contribution in [0.25, 0.3) is 0 Å². The molecule has 17 heavy (non-hydrogen) atoms. The second-order valence-corrected chi connectivity index (χ2v) is 4.35. The van der Waals surface area contributed by atoms with Gasteiger partial charge in [0.25, 0.3) is 0 Å². The van der Waals surface area contributed by atoms with Crippen LogP contribution in [0.1, 0.15) is 25.3 Å². The molecule has 0 fully saturated rings. The molecule has 0 aliphatic rings. The van der Waals surface area contributed by atoms with Gasteiger partial charge in [-0.2, -0.15) is 0 Å². The third kappa shape index (κ3) is 4.61. The molecule has 1 atom stereocenters. The third-order valence-corrected chi connectivity index (χ3v) is 3.06. The van der Waals surface area contributed by atoms with Gasteiger partial charge >= 0.3 is 0 Å². The second kappa shape index (κ2) is 7.13. The summed E-state index contributed by atoms with van der Waals surface area (Å²) in [6, 6.07) is 8.70. The van der Waals surface area contributed by atoms with Gasteiger partial charge in [-0.1, -0.05) is 31.2 Å². The Hall–Kier alpha value is -1.28. The molecule has 1 unspecified atom stereocenters. The quantitative estimate of drug-likeness (QED) is 0.730. The van der Waals surface area contributed by atoms with Gasteiger partial charge in [-0.25, -0.2) is 0 Å². The molecule has 2 heteroatoms. The van der Waals surface area contributed by atoms with Crippen LogP contribution < -0.4 is 10.1 Å². The van der Waals surface area contributed by atoms with Gasteiger partial charge in [-0.3, -0.25) is 0 Å². The van der Waals surface area contributed by atoms with Crippen molar-refractivity contribution in [3.05, 3.63) is 42.0 Å². The number of methoxy groups -OCH3 is 1. The van der Waals surface area contributed by atoms with Crippen LogP contribution in [0.3, 0.4) is 0 Å². The average Bonchev–Trinajstić information content (AvgIpc) is 2.37. The van der Waals surface area contributed by atoms with Crippen molar-refractivity contribution in [2.24, 2.45) is 0 Å². The van der Waals surface area contributed by atoms with Gasteiger partial charge in [-0.15, -0.1) is 0 Å². The van der Waals surface area contributed by atoms with Crippen molar-refractivity contribution in [3.63, 3.8) is 0 Å². The zero-order chi connectivity index (χ0) is 12.7. The van der Waals surface area contributed by atoms with Crippen molar-refractivity contribution in [2.45, 2.75) is 32.2 Å². The van der Waals surface area contributed by atoms with Crippen LogP contribution >= 0.6 is 0 Å². The standard InChI is InChI=1S/C15H23NO/c1-5-12(2)9-14(16-3)10-13-7-6-8-15(11-13)17-4/h6-8,11,14,16H,2,5,9-10H2,1,3-4H3. The highest BCUT2D eigenvalue weighted by Gasteiger charge is 2.08. The van der Waals surface area contributed by atoms with Crippen molar-refractivity contribution in [1.29, 1.82) is 0 Å². The normalized spacial score (nSPS) is 12.2. The van der Waals surface area contributed by atoms with Gasteiger partial charge in [0, 0.05) is 6.04 Å². The SMILES string of the molecule is C=C(CC)CC(Cc1cccc(OC)c1)NC. The van der Waals surface area contributed by atoms with E-state index in [0.717, 1.165) is 25.0 Å². The van der Waals surface area contributed by atoms with Crippen molar-refractivity contribution < 1.29 is 4.74 Å². The zero-order valence-corrected chi connectivity index (χ0v) is 11.1. The number of rotatable bonds is 7. The van der Waals surface area contributed by atoms with Crippen LogP contribution in [-0.2, 0) is 6.42 Å². The summed E-state index contributed by atoms with van der Waals surface area (Å²) in [4.78, 5) is 0. The molecule has 0 spiro atoms. The van der Waals surface area contributed by atoms with Crippen molar-refractivity contribution in [1.82, 2.24) is 5.32 Å². The smallest absolute Gasteiger partial charge is 0.119 e. The highest BCUT2D eigenvalue weighted by atomic mass is 16.5. The molecule has 0 aliphatic carbocycles. The lowest BCUT2D eigenvalue weighted by Gasteiger charge is -2.17. The maximum atomic E-state index is 5.23. The molecule has 0 amide bonds. The molecule has 0 radical (unpaired) electrons. The number of benzene rings is 1. The van der Waals surface area contributed by atoms with Gasteiger partial charge in [0.15, 0.2) is 0 Å². The number of nitrogens with one attached hydrogen (secondary N) is 1. The van der Waals surface area contributed by atoms with Gasteiger partial charge in [-0.05, 0) is 44.0 Å². The topological polar surface area (TPSA) is 21.3 Å². The maximum Gasteiger partial charge on any atom is 0.119 e. The lowest BCUT2D eigenvalue weighted by atomic mass is 9.98. The Morgan fingerprint density at radius 3 is 2.82 bits per heavy atom. The summed E-state index contributed by atoms with van der Waals surface area (Å²) >= 11 is 0. The van der Waals surface area contributed by atoms with Crippen LogP contribution in [0.5, 0.6) is 5.75 Å². The lowest BCUT2D eigenvalue weighted by molar-refractivity contribution is 0.414. The molecule has 1 N–H and O–H groups in total. The molecule has 0 bridgehead atoms. The molecule has 0 saturated heterocycles. The van der Waals surface area contributed by atoms with Crippen molar-refractivity contribution >= 4 is 0 Å². The molecule has 1 aromatic rings. The van der Waals surface area contributed by atoms with Crippen LogP contribution in [0.4, 0.5) is 0 Å². The van der Waals surface area contributed by atoms with E-state index in [0.29, 0.717) is 6.04 Å². The summed E-state index contributed by atoms with van der Waals surface area (Å²) in [7, 11) is 3.71. The predicted octanol–water partition coefficient (Wildman–Crippen LogP) is 3.18. The first-order valence-corrected chi connectivity index (χ1v) is 6.16. The monoisotopic (exact) mass is 233 g/mol. The first-order chi connectivity index (χ1) is 8.19. The summed E-state index contributed by atoms with van der Waals surface area (Å²) < 4.78 is 5.23. The Morgan fingerprint density at radius 1 is 1.47 bits per heavy atom. The summed E-state index contributed by atoms with van der Waals surface area (Å²) in [5.41, 5.74) is 2.60. The molecule has 1 aromatic carbocycles. The van der Waals surface area contributed by atoms with Gasteiger partial charge in [0.1, 0.15) is 5.75 Å². The lowest BCUT2D eigenvalue weighted by Crippen LogP contribution is -2.27. The molecule has 1 rings (SSSR count). The first-order valence-electron chi connectivity index (χ1n) is 6.16. The van der Waals surface area contributed by atoms with E-state index in [4.69, 9.17) is 4.74 Å². The molecule has 0 heterocycles. The van der Waals surface area contributed by atoms with Crippen LogP contribution in [-0.4, -0.2) is 20.2 Å². The predicted molar refractivity (Wildman–Crippen MR) is 73.6 cm³/mol. The van der Waals surface area contributed by atoms with E-state index in [2.05, 4.69) is 31.0 Å². The Kier molecular flexibility index (Phi) is 5.78. The van der Waals surface area contributed by atoms with Gasteiger partial charge in [0.2, 0.25) is 0 Å². The van der Waals surface area contributed by atoms with E-state index < -0.39 is 0 Å². The van der Waals surface area contributed by atoms with E-state index in [1.165, 1.54) is 11.1 Å². The fraction of sp³-hybridized carbons (Fsp3) is 0.467. The highest BCUT2D eigenvalue weighted by molar-refractivity contribution is 5.29. The summed E-state index contributed by atoms with van der Waals surface area (Å²) in [5.74, 6) is 0.923. The Bertz CT molecular complexity index is 360. The van der Waals surface area contributed by atoms with E-state index in [1.807, 2.05) is 19.2 Å². The minimum Gasteiger partial charge on any atom is -0.497 e. The van der Waals surface area contributed by atoms with E-state index in [1.54, 1.807) is 7.11 Å². The fourth-order valence-corrected chi connectivity index (χ4v) is 1.85. The first kappa shape index (κ1) is 13.8. The Balaban J connectivity index is 2.63. The molecule has 0 aromatic heterocycles. The van der Waals surface area contributed by atoms with Gasteiger partial charge in [0.05, 0.1) is 7.11 Å². The van der Waals surface area contributed by atoms with Crippen LogP contribution in [0, 0.1) is 0 Å². The summed E-state index contributed by atoms with van der Waals surface area (Å²) in [6.45, 7) is 6.22. The third-order valence-electron chi connectivity index (χ3n) is 3.06. The molecule has 2 nitrogen and oxygen atoms in total. The minimum absolute atomic E-state index is 0.453. The van der Waals surface area contributed by atoms with E-state index >= 15 is 0 Å². The summed E-state index contributed by atoms with van der Waals surface area (Å²) in [5, 5.41) is 3.35. The average molecular weight is 233 g/mol. The second-order valence-electron chi connectivity index (χ2n) is 4.35. The number of ether oxygens (including phenoxy) is 1. The van der Waals surface area contributed by atoms with E-state index in [-0.39, 0.29) is 0 Å². The maximum absolute atomic E-state index is 5.23. The number of hydrogen-bond donors (Lipinski definition) is 1. The molecule has 0 aliphatic heterocycles.